The van der Waals surface area contributed by atoms with Crippen LogP contribution in [0.15, 0.2) is 59.4 Å². The molecule has 2 N–H and O–H groups in total. The Morgan fingerprint density at radius 3 is 2.70 bits per heavy atom. The molecule has 0 aliphatic rings. The van der Waals surface area contributed by atoms with Crippen molar-refractivity contribution >= 4 is 10.9 Å². The highest BCUT2D eigenvalue weighted by atomic mass is 16.5. The van der Waals surface area contributed by atoms with Gasteiger partial charge in [0.15, 0.2) is 0 Å². The molecule has 0 saturated heterocycles. The molecule has 2 aromatic carbocycles. The molecule has 0 aliphatic carbocycles. The van der Waals surface area contributed by atoms with E-state index in [1.165, 1.54) is 11.1 Å². The van der Waals surface area contributed by atoms with E-state index in [9.17, 15) is 9.90 Å². The van der Waals surface area contributed by atoms with Gasteiger partial charge in [0.2, 0.25) is 0 Å². The molecule has 1 unspecified atom stereocenters. The highest BCUT2D eigenvalue weighted by Crippen LogP contribution is 2.21. The number of hydrogen-bond acceptors (Lipinski definition) is 4. The minimum Gasteiger partial charge on any atom is -0.494 e. The number of rotatable bonds is 11. The summed E-state index contributed by atoms with van der Waals surface area (Å²) in [6.07, 6.45) is 3.86. The lowest BCUT2D eigenvalue weighted by molar-refractivity contribution is 0.264. The molecule has 0 fully saturated rings. The van der Waals surface area contributed by atoms with E-state index in [2.05, 4.69) is 30.4 Å². The largest absolute Gasteiger partial charge is 0.494 e. The number of nitrogens with one attached hydrogen (secondary N) is 1. The van der Waals surface area contributed by atoms with Gasteiger partial charge in [0.05, 0.1) is 12.1 Å². The normalized spacial score (nSPS) is 12.2. The van der Waals surface area contributed by atoms with Gasteiger partial charge in [0.1, 0.15) is 5.75 Å². The minimum absolute atomic E-state index is 0.00608. The molecule has 1 atom stereocenters. The first-order valence-corrected chi connectivity index (χ1v) is 10.7. The van der Waals surface area contributed by atoms with Crippen LogP contribution in [-0.2, 0) is 7.05 Å². The maximum Gasteiger partial charge on any atom is 0.250 e. The molecule has 0 aliphatic heterocycles. The van der Waals surface area contributed by atoms with Crippen LogP contribution < -0.4 is 15.6 Å². The average molecular weight is 409 g/mol. The van der Waals surface area contributed by atoms with Crippen molar-refractivity contribution in [2.45, 2.75) is 38.6 Å². The molecule has 1 heterocycles. The number of unbranched alkanes of at least 4 members (excludes halogenated alkanes) is 2. The Labute approximate surface area is 178 Å². The minimum atomic E-state index is -0.00608. The molecule has 1 aromatic heterocycles. The van der Waals surface area contributed by atoms with E-state index in [0.717, 1.165) is 48.9 Å². The van der Waals surface area contributed by atoms with Gasteiger partial charge in [-0.05, 0) is 74.5 Å². The first-order valence-electron chi connectivity index (χ1n) is 10.7. The van der Waals surface area contributed by atoms with Crippen LogP contribution in [0.25, 0.3) is 10.9 Å². The topological polar surface area (TPSA) is 63.5 Å². The van der Waals surface area contributed by atoms with Gasteiger partial charge in [-0.15, -0.1) is 0 Å². The summed E-state index contributed by atoms with van der Waals surface area (Å²) in [7, 11) is 1.78. The molecule has 0 saturated carbocycles. The van der Waals surface area contributed by atoms with Crippen LogP contribution in [0.1, 0.15) is 42.9 Å². The number of hydrogen-bond donors (Lipinski definition) is 2. The molecule has 5 nitrogen and oxygen atoms in total. The highest BCUT2D eigenvalue weighted by molar-refractivity contribution is 5.80. The van der Waals surface area contributed by atoms with E-state index in [-0.39, 0.29) is 18.2 Å². The van der Waals surface area contributed by atoms with Crippen LogP contribution in [-0.4, -0.2) is 29.4 Å². The van der Waals surface area contributed by atoms with Gasteiger partial charge in [-0.3, -0.25) is 4.79 Å². The van der Waals surface area contributed by atoms with E-state index in [0.29, 0.717) is 6.61 Å². The zero-order chi connectivity index (χ0) is 21.3. The standard InChI is InChI=1S/C25H32N2O3/c1-19-8-4-5-9-22(19)23(14-16-28)26-15-6-3-7-17-30-21-11-12-24-20(18-21)10-13-25(29)27(24)2/h4-5,8-13,18,23,26,28H,3,6-7,14-17H2,1-2H3. The zero-order valence-electron chi connectivity index (χ0n) is 17.9. The smallest absolute Gasteiger partial charge is 0.250 e. The van der Waals surface area contributed by atoms with Crippen LogP contribution in [0.2, 0.25) is 0 Å². The Kier molecular flexibility index (Phi) is 8.05. The van der Waals surface area contributed by atoms with Gasteiger partial charge in [-0.25, -0.2) is 0 Å². The number of aliphatic hydroxyl groups is 1. The third-order valence-electron chi connectivity index (χ3n) is 5.56. The summed E-state index contributed by atoms with van der Waals surface area (Å²) in [5, 5.41) is 14.0. The number of pyridine rings is 1. The molecule has 0 amide bonds. The fraction of sp³-hybridized carbons (Fsp3) is 0.400. The van der Waals surface area contributed by atoms with Crippen molar-refractivity contribution in [3.8, 4) is 5.75 Å². The van der Waals surface area contributed by atoms with Crippen LogP contribution in [0.4, 0.5) is 0 Å². The molecule has 5 heteroatoms. The van der Waals surface area contributed by atoms with Crippen LogP contribution >= 0.6 is 0 Å². The van der Waals surface area contributed by atoms with Gasteiger partial charge >= 0.3 is 0 Å². The van der Waals surface area contributed by atoms with Crippen LogP contribution in [0, 0.1) is 6.92 Å². The number of fused-ring (bicyclic) bond motifs is 1. The molecular weight excluding hydrogens is 376 g/mol. The fourth-order valence-corrected chi connectivity index (χ4v) is 3.80. The molecule has 3 rings (SSSR count). The summed E-state index contributed by atoms with van der Waals surface area (Å²) in [4.78, 5) is 11.7. The van der Waals surface area contributed by atoms with Crippen LogP contribution in [0.3, 0.4) is 0 Å². The molecule has 3 aromatic rings. The summed E-state index contributed by atoms with van der Waals surface area (Å²) in [5.41, 5.74) is 3.43. The molecular formula is C25H32N2O3. The quantitative estimate of drug-likeness (QED) is 0.469. The Hall–Kier alpha value is -2.63. The SMILES string of the molecule is Cc1ccccc1C(CCO)NCCCCCOc1ccc2c(ccc(=O)n2C)c1. The van der Waals surface area contributed by atoms with Crippen molar-refractivity contribution in [3.63, 3.8) is 0 Å². The maximum atomic E-state index is 11.7. The lowest BCUT2D eigenvalue weighted by Gasteiger charge is -2.20. The van der Waals surface area contributed by atoms with Gasteiger partial charge in [0.25, 0.3) is 5.56 Å². The lowest BCUT2D eigenvalue weighted by atomic mass is 9.99. The first kappa shape index (κ1) is 22.1. The van der Waals surface area contributed by atoms with Crippen molar-refractivity contribution < 1.29 is 9.84 Å². The second kappa shape index (κ2) is 11.0. The zero-order valence-corrected chi connectivity index (χ0v) is 17.9. The Bertz CT molecular complexity index is 1010. The van der Waals surface area contributed by atoms with Crippen molar-refractivity contribution in [1.82, 2.24) is 9.88 Å². The predicted molar refractivity (Wildman–Crippen MR) is 122 cm³/mol. The van der Waals surface area contributed by atoms with Gasteiger partial charge in [-0.1, -0.05) is 24.3 Å². The number of benzene rings is 2. The van der Waals surface area contributed by atoms with Gasteiger partial charge < -0.3 is 19.7 Å². The summed E-state index contributed by atoms with van der Waals surface area (Å²) in [5.74, 6) is 0.835. The van der Waals surface area contributed by atoms with E-state index in [1.807, 2.05) is 30.3 Å². The van der Waals surface area contributed by atoms with E-state index in [4.69, 9.17) is 4.74 Å². The van der Waals surface area contributed by atoms with Crippen molar-refractivity contribution in [2.24, 2.45) is 7.05 Å². The van der Waals surface area contributed by atoms with Crippen molar-refractivity contribution in [2.75, 3.05) is 19.8 Å². The number of aromatic nitrogens is 1. The highest BCUT2D eigenvalue weighted by Gasteiger charge is 2.12. The average Bonchev–Trinajstić information content (AvgIpc) is 2.75. The third-order valence-corrected chi connectivity index (χ3v) is 5.56. The lowest BCUT2D eigenvalue weighted by Crippen LogP contribution is -2.24. The summed E-state index contributed by atoms with van der Waals surface area (Å²) < 4.78 is 7.54. The number of nitrogens with zero attached hydrogens (tertiary/aromatic N) is 1. The van der Waals surface area contributed by atoms with E-state index in [1.54, 1.807) is 17.7 Å². The Morgan fingerprint density at radius 2 is 1.90 bits per heavy atom. The second-order valence-electron chi connectivity index (χ2n) is 7.74. The number of aryl methyl sites for hydroxylation is 2. The summed E-state index contributed by atoms with van der Waals surface area (Å²) in [6.45, 7) is 3.89. The Morgan fingerprint density at radius 1 is 1.07 bits per heavy atom. The second-order valence-corrected chi connectivity index (χ2v) is 7.74. The molecule has 0 bridgehead atoms. The third kappa shape index (κ3) is 5.71. The van der Waals surface area contributed by atoms with Crippen molar-refractivity contribution in [3.05, 3.63) is 76.1 Å². The maximum absolute atomic E-state index is 11.7. The summed E-state index contributed by atoms with van der Waals surface area (Å²) in [6, 6.07) is 17.8. The Balaban J connectivity index is 1.40. The molecule has 160 valence electrons. The fourth-order valence-electron chi connectivity index (χ4n) is 3.80. The van der Waals surface area contributed by atoms with Gasteiger partial charge in [0, 0.05) is 31.1 Å². The van der Waals surface area contributed by atoms with Gasteiger partial charge in [-0.2, -0.15) is 0 Å². The molecule has 30 heavy (non-hydrogen) atoms. The van der Waals surface area contributed by atoms with Crippen LogP contribution in [0.5, 0.6) is 5.75 Å². The van der Waals surface area contributed by atoms with Crippen molar-refractivity contribution in [1.29, 1.82) is 0 Å². The molecule has 0 spiro atoms. The van der Waals surface area contributed by atoms with E-state index >= 15 is 0 Å². The first-order chi connectivity index (χ1) is 14.6. The monoisotopic (exact) mass is 408 g/mol. The predicted octanol–water partition coefficient (Wildman–Crippen LogP) is 4.11. The molecule has 0 radical (unpaired) electrons. The number of aliphatic hydroxyl groups excluding tert-OH is 1. The van der Waals surface area contributed by atoms with E-state index < -0.39 is 0 Å². The number of ether oxygens (including phenoxy) is 1. The summed E-state index contributed by atoms with van der Waals surface area (Å²) >= 11 is 0.